The second-order valence-corrected chi connectivity index (χ2v) is 4.09. The number of rotatable bonds is 6. The van der Waals surface area contributed by atoms with Crippen molar-refractivity contribution in [1.82, 2.24) is 10.4 Å². The lowest BCUT2D eigenvalue weighted by Gasteiger charge is -2.18. The Kier molecular flexibility index (Phi) is 5.07. The molecule has 0 bridgehead atoms. The molecule has 0 fully saturated rings. The van der Waals surface area contributed by atoms with Crippen LogP contribution in [-0.2, 0) is 6.42 Å². The molecule has 3 heteroatoms. The van der Waals surface area contributed by atoms with E-state index in [1.807, 2.05) is 25.2 Å². The third-order valence-corrected chi connectivity index (χ3v) is 2.62. The lowest BCUT2D eigenvalue weighted by molar-refractivity contribution is 0.284. The SMILES string of the molecule is C=C(Cc1cccc(F)c1)C(=C)CN(C)NC. The van der Waals surface area contributed by atoms with E-state index in [9.17, 15) is 4.39 Å². The summed E-state index contributed by atoms with van der Waals surface area (Å²) in [5, 5.41) is 1.92. The Morgan fingerprint density at radius 1 is 1.35 bits per heavy atom. The molecule has 0 aliphatic heterocycles. The Labute approximate surface area is 102 Å². The molecule has 1 N–H and O–H groups in total. The van der Waals surface area contributed by atoms with Crippen LogP contribution in [0.25, 0.3) is 0 Å². The van der Waals surface area contributed by atoms with Gasteiger partial charge in [0.1, 0.15) is 5.82 Å². The summed E-state index contributed by atoms with van der Waals surface area (Å²) in [6.07, 6.45) is 0.633. The molecule has 0 amide bonds. The molecule has 17 heavy (non-hydrogen) atoms. The molecule has 0 aromatic heterocycles. The first-order chi connectivity index (χ1) is 8.02. The monoisotopic (exact) mass is 234 g/mol. The first-order valence-electron chi connectivity index (χ1n) is 5.52. The van der Waals surface area contributed by atoms with Gasteiger partial charge < -0.3 is 0 Å². The Balaban J connectivity index is 2.57. The minimum Gasteiger partial charge on any atom is -0.258 e. The van der Waals surface area contributed by atoms with Crippen molar-refractivity contribution in [2.75, 3.05) is 20.6 Å². The number of hydrazine groups is 1. The van der Waals surface area contributed by atoms with E-state index < -0.39 is 0 Å². The predicted octanol–water partition coefficient (Wildman–Crippen LogP) is 2.55. The Hall–Kier alpha value is -1.45. The molecule has 0 unspecified atom stereocenters. The minimum absolute atomic E-state index is 0.215. The van der Waals surface area contributed by atoms with Crippen molar-refractivity contribution in [3.05, 3.63) is 60.0 Å². The van der Waals surface area contributed by atoms with Crippen LogP contribution in [0.2, 0.25) is 0 Å². The van der Waals surface area contributed by atoms with E-state index in [4.69, 9.17) is 0 Å². The normalized spacial score (nSPS) is 10.6. The van der Waals surface area contributed by atoms with Gasteiger partial charge in [-0.1, -0.05) is 25.3 Å². The van der Waals surface area contributed by atoms with E-state index in [1.165, 1.54) is 12.1 Å². The molecule has 92 valence electrons. The van der Waals surface area contributed by atoms with E-state index >= 15 is 0 Å². The van der Waals surface area contributed by atoms with Crippen LogP contribution in [0.15, 0.2) is 48.6 Å². The van der Waals surface area contributed by atoms with Gasteiger partial charge in [-0.2, -0.15) is 0 Å². The van der Waals surface area contributed by atoms with Crippen molar-refractivity contribution in [3.8, 4) is 0 Å². The summed E-state index contributed by atoms with van der Waals surface area (Å²) in [5.74, 6) is -0.215. The summed E-state index contributed by atoms with van der Waals surface area (Å²) in [6.45, 7) is 8.68. The zero-order valence-corrected chi connectivity index (χ0v) is 10.5. The van der Waals surface area contributed by atoms with Gasteiger partial charge in [0.15, 0.2) is 0 Å². The van der Waals surface area contributed by atoms with Crippen molar-refractivity contribution in [1.29, 1.82) is 0 Å². The van der Waals surface area contributed by atoms with Gasteiger partial charge >= 0.3 is 0 Å². The first-order valence-corrected chi connectivity index (χ1v) is 5.52. The van der Waals surface area contributed by atoms with Gasteiger partial charge in [0, 0.05) is 13.6 Å². The zero-order chi connectivity index (χ0) is 12.8. The molecule has 0 heterocycles. The van der Waals surface area contributed by atoms with Gasteiger partial charge in [-0.3, -0.25) is 5.43 Å². The molecule has 0 radical (unpaired) electrons. The summed E-state index contributed by atoms with van der Waals surface area (Å²) in [6, 6.07) is 6.57. The van der Waals surface area contributed by atoms with Crippen LogP contribution in [-0.4, -0.2) is 25.6 Å². The highest BCUT2D eigenvalue weighted by molar-refractivity contribution is 5.33. The smallest absolute Gasteiger partial charge is 0.123 e. The fourth-order valence-electron chi connectivity index (χ4n) is 1.50. The molecule has 0 saturated carbocycles. The molecular weight excluding hydrogens is 215 g/mol. The van der Waals surface area contributed by atoms with Crippen molar-refractivity contribution in [3.63, 3.8) is 0 Å². The molecule has 1 aromatic rings. The van der Waals surface area contributed by atoms with E-state index in [-0.39, 0.29) is 5.82 Å². The van der Waals surface area contributed by atoms with Gasteiger partial charge in [-0.25, -0.2) is 9.40 Å². The van der Waals surface area contributed by atoms with E-state index in [0.717, 1.165) is 16.7 Å². The molecule has 1 aromatic carbocycles. The Bertz CT molecular complexity index is 412. The molecule has 0 saturated heterocycles. The number of hydrogen-bond donors (Lipinski definition) is 1. The lowest BCUT2D eigenvalue weighted by Crippen LogP contribution is -2.32. The van der Waals surface area contributed by atoms with Crippen LogP contribution in [0.4, 0.5) is 4.39 Å². The van der Waals surface area contributed by atoms with Gasteiger partial charge in [0.05, 0.1) is 0 Å². The molecule has 0 spiro atoms. The maximum Gasteiger partial charge on any atom is 0.123 e. The molecule has 0 atom stereocenters. The van der Waals surface area contributed by atoms with E-state index in [0.29, 0.717) is 13.0 Å². The van der Waals surface area contributed by atoms with Gasteiger partial charge in [0.2, 0.25) is 0 Å². The number of nitrogens with zero attached hydrogens (tertiary/aromatic N) is 1. The zero-order valence-electron chi connectivity index (χ0n) is 10.5. The Morgan fingerprint density at radius 2 is 2.06 bits per heavy atom. The number of nitrogens with one attached hydrogen (secondary N) is 1. The average Bonchev–Trinajstić information content (AvgIpc) is 2.28. The molecule has 0 aliphatic rings. The first kappa shape index (κ1) is 13.6. The van der Waals surface area contributed by atoms with Gasteiger partial charge in [0.25, 0.3) is 0 Å². The lowest BCUT2D eigenvalue weighted by atomic mass is 10.0. The van der Waals surface area contributed by atoms with Crippen LogP contribution in [0, 0.1) is 5.82 Å². The Morgan fingerprint density at radius 3 is 2.65 bits per heavy atom. The molecular formula is C14H19FN2. The molecule has 1 rings (SSSR count). The largest absolute Gasteiger partial charge is 0.258 e. The summed E-state index contributed by atoms with van der Waals surface area (Å²) in [4.78, 5) is 0. The third-order valence-electron chi connectivity index (χ3n) is 2.62. The van der Waals surface area contributed by atoms with Gasteiger partial charge in [-0.15, -0.1) is 0 Å². The minimum atomic E-state index is -0.215. The topological polar surface area (TPSA) is 15.3 Å². The van der Waals surface area contributed by atoms with Crippen LogP contribution in [0.5, 0.6) is 0 Å². The van der Waals surface area contributed by atoms with Crippen molar-refractivity contribution in [2.45, 2.75) is 6.42 Å². The quantitative estimate of drug-likeness (QED) is 0.601. The fourth-order valence-corrected chi connectivity index (χ4v) is 1.50. The number of benzene rings is 1. The second kappa shape index (κ2) is 6.33. The summed E-state index contributed by atoms with van der Waals surface area (Å²) < 4.78 is 13.0. The van der Waals surface area contributed by atoms with Crippen molar-refractivity contribution < 1.29 is 4.39 Å². The highest BCUT2D eigenvalue weighted by atomic mass is 19.1. The summed E-state index contributed by atoms with van der Waals surface area (Å²) >= 11 is 0. The number of likely N-dealkylation sites (N-methyl/N-ethyl adjacent to an activating group) is 1. The van der Waals surface area contributed by atoms with Crippen LogP contribution < -0.4 is 5.43 Å². The predicted molar refractivity (Wildman–Crippen MR) is 70.1 cm³/mol. The average molecular weight is 234 g/mol. The van der Waals surface area contributed by atoms with Crippen LogP contribution >= 0.6 is 0 Å². The second-order valence-electron chi connectivity index (χ2n) is 4.09. The van der Waals surface area contributed by atoms with Crippen LogP contribution in [0.3, 0.4) is 0 Å². The number of hydrogen-bond acceptors (Lipinski definition) is 2. The molecule has 0 aliphatic carbocycles. The van der Waals surface area contributed by atoms with Crippen molar-refractivity contribution >= 4 is 0 Å². The third kappa shape index (κ3) is 4.51. The number of halogens is 1. The highest BCUT2D eigenvalue weighted by Gasteiger charge is 2.05. The van der Waals surface area contributed by atoms with Crippen molar-refractivity contribution in [2.24, 2.45) is 0 Å². The highest BCUT2D eigenvalue weighted by Crippen LogP contribution is 2.14. The van der Waals surface area contributed by atoms with Gasteiger partial charge in [-0.05, 0) is 42.3 Å². The summed E-state index contributed by atoms with van der Waals surface area (Å²) in [5.41, 5.74) is 5.79. The van der Waals surface area contributed by atoms with E-state index in [1.54, 1.807) is 6.07 Å². The maximum absolute atomic E-state index is 13.0. The maximum atomic E-state index is 13.0. The summed E-state index contributed by atoms with van der Waals surface area (Å²) in [7, 11) is 3.78. The van der Waals surface area contributed by atoms with Crippen LogP contribution in [0.1, 0.15) is 5.56 Å². The fraction of sp³-hybridized carbons (Fsp3) is 0.286. The van der Waals surface area contributed by atoms with E-state index in [2.05, 4.69) is 18.6 Å². The standard InChI is InChI=1S/C14H19FN2/c1-11(12(2)10-17(4)16-3)8-13-6-5-7-14(15)9-13/h5-7,9,16H,1-2,8,10H2,3-4H3. The molecule has 2 nitrogen and oxygen atoms in total.